The Labute approximate surface area is 352 Å². The van der Waals surface area contributed by atoms with Crippen LogP contribution < -0.4 is 0 Å². The van der Waals surface area contributed by atoms with Crippen LogP contribution in [-0.2, 0) is 28.6 Å². The van der Waals surface area contributed by atoms with Crippen LogP contribution in [0.4, 0.5) is 0 Å². The number of unbranched alkanes of at least 4 members (excludes halogenated alkanes) is 24. The highest BCUT2D eigenvalue weighted by atomic mass is 16.6. The number of carbonyl (C=O) groups excluding carboxylic acids is 3. The van der Waals surface area contributed by atoms with E-state index in [1.165, 1.54) is 128 Å². The van der Waals surface area contributed by atoms with E-state index < -0.39 is 6.10 Å². The lowest BCUT2D eigenvalue weighted by atomic mass is 10.0. The second-order valence-corrected chi connectivity index (χ2v) is 16.0. The van der Waals surface area contributed by atoms with Crippen molar-refractivity contribution in [1.82, 2.24) is 0 Å². The summed E-state index contributed by atoms with van der Waals surface area (Å²) in [7, 11) is 0. The van der Waals surface area contributed by atoms with Gasteiger partial charge >= 0.3 is 17.9 Å². The maximum Gasteiger partial charge on any atom is 0.306 e. The molecule has 0 aromatic carbocycles. The predicted molar refractivity (Wildman–Crippen MR) is 242 cm³/mol. The average Bonchev–Trinajstić information content (AvgIpc) is 3.21. The maximum absolute atomic E-state index is 12.7. The highest BCUT2D eigenvalue weighted by Gasteiger charge is 2.19. The van der Waals surface area contributed by atoms with E-state index in [1.807, 2.05) is 0 Å². The van der Waals surface area contributed by atoms with E-state index in [0.29, 0.717) is 19.3 Å². The van der Waals surface area contributed by atoms with Crippen molar-refractivity contribution in [3.8, 4) is 0 Å². The predicted octanol–water partition coefficient (Wildman–Crippen LogP) is 15.5. The standard InChI is InChI=1S/C51H90O6/c1-4-7-10-13-16-19-22-24-25-27-29-32-35-38-41-44-50(53)56-47-48(46-55-49(52)43-40-37-34-31-28-21-18-15-12-9-6-3)57-51(54)45-42-39-36-33-30-26-23-20-17-14-11-8-5-2/h9,12,18-19,21-22,31,34,48H,4-8,10-11,13-17,20,23-30,32-33,35-47H2,1-3H3/b12-9-,21-18-,22-19-,34-31-. The van der Waals surface area contributed by atoms with E-state index in [2.05, 4.69) is 69.4 Å². The molecule has 0 rings (SSSR count). The molecule has 6 heteroatoms. The van der Waals surface area contributed by atoms with Gasteiger partial charge in [-0.1, -0.05) is 198 Å². The number of carbonyl (C=O) groups is 3. The summed E-state index contributed by atoms with van der Waals surface area (Å²) in [5.74, 6) is -0.947. The largest absolute Gasteiger partial charge is 0.462 e. The van der Waals surface area contributed by atoms with E-state index in [1.54, 1.807) is 0 Å². The zero-order valence-corrected chi connectivity index (χ0v) is 37.6. The summed E-state index contributed by atoms with van der Waals surface area (Å²) in [5.41, 5.74) is 0. The van der Waals surface area contributed by atoms with E-state index in [0.717, 1.165) is 64.2 Å². The fourth-order valence-electron chi connectivity index (χ4n) is 6.70. The molecule has 1 atom stereocenters. The van der Waals surface area contributed by atoms with Gasteiger partial charge in [-0.15, -0.1) is 0 Å². The molecule has 0 saturated heterocycles. The molecule has 0 aromatic heterocycles. The maximum atomic E-state index is 12.7. The van der Waals surface area contributed by atoms with Gasteiger partial charge in [-0.25, -0.2) is 0 Å². The zero-order chi connectivity index (χ0) is 41.5. The van der Waals surface area contributed by atoms with Crippen molar-refractivity contribution >= 4 is 17.9 Å². The monoisotopic (exact) mass is 799 g/mol. The van der Waals surface area contributed by atoms with Crippen LogP contribution in [0.3, 0.4) is 0 Å². The summed E-state index contributed by atoms with van der Waals surface area (Å²) in [6, 6.07) is 0. The quantitative estimate of drug-likeness (QED) is 0.0265. The number of ether oxygens (including phenoxy) is 3. The molecule has 0 bridgehead atoms. The zero-order valence-electron chi connectivity index (χ0n) is 37.6. The van der Waals surface area contributed by atoms with Crippen molar-refractivity contribution in [2.45, 2.75) is 245 Å². The van der Waals surface area contributed by atoms with Crippen LogP contribution in [0.15, 0.2) is 48.6 Å². The average molecular weight is 799 g/mol. The van der Waals surface area contributed by atoms with Crippen molar-refractivity contribution in [3.63, 3.8) is 0 Å². The molecule has 0 aromatic rings. The molecule has 0 N–H and O–H groups in total. The number of hydrogen-bond acceptors (Lipinski definition) is 6. The van der Waals surface area contributed by atoms with E-state index >= 15 is 0 Å². The minimum Gasteiger partial charge on any atom is -0.462 e. The topological polar surface area (TPSA) is 78.9 Å². The Balaban J connectivity index is 4.40. The highest BCUT2D eigenvalue weighted by molar-refractivity contribution is 5.71. The van der Waals surface area contributed by atoms with Gasteiger partial charge in [-0.2, -0.15) is 0 Å². The Kier molecular flexibility index (Phi) is 43.9. The van der Waals surface area contributed by atoms with Gasteiger partial charge in [0.1, 0.15) is 13.2 Å². The summed E-state index contributed by atoms with van der Waals surface area (Å²) in [6.45, 7) is 6.46. The lowest BCUT2D eigenvalue weighted by Gasteiger charge is -2.18. The van der Waals surface area contributed by atoms with Gasteiger partial charge in [0.05, 0.1) is 0 Å². The molecule has 0 amide bonds. The molecule has 57 heavy (non-hydrogen) atoms. The first-order chi connectivity index (χ1) is 28.0. The fraction of sp³-hybridized carbons (Fsp3) is 0.784. The number of esters is 3. The van der Waals surface area contributed by atoms with Gasteiger partial charge in [-0.05, 0) is 70.6 Å². The molecule has 0 heterocycles. The van der Waals surface area contributed by atoms with Crippen LogP contribution in [-0.4, -0.2) is 37.2 Å². The molecule has 0 fully saturated rings. The third-order valence-electron chi connectivity index (χ3n) is 10.3. The van der Waals surface area contributed by atoms with Crippen LogP contribution in [0.1, 0.15) is 239 Å². The Morgan fingerprint density at radius 3 is 1.18 bits per heavy atom. The second-order valence-electron chi connectivity index (χ2n) is 16.0. The first kappa shape index (κ1) is 54.4. The molecule has 330 valence electrons. The van der Waals surface area contributed by atoms with Crippen LogP contribution >= 0.6 is 0 Å². The Morgan fingerprint density at radius 1 is 0.368 bits per heavy atom. The first-order valence-corrected chi connectivity index (χ1v) is 24.1. The summed E-state index contributed by atoms with van der Waals surface area (Å²) in [5, 5.41) is 0. The normalized spacial score (nSPS) is 12.4. The Morgan fingerprint density at radius 2 is 0.702 bits per heavy atom. The highest BCUT2D eigenvalue weighted by Crippen LogP contribution is 2.15. The van der Waals surface area contributed by atoms with Crippen molar-refractivity contribution in [1.29, 1.82) is 0 Å². The van der Waals surface area contributed by atoms with Crippen molar-refractivity contribution < 1.29 is 28.6 Å². The van der Waals surface area contributed by atoms with Gasteiger partial charge in [0.2, 0.25) is 0 Å². The number of hydrogen-bond donors (Lipinski definition) is 0. The minimum absolute atomic E-state index is 0.0892. The Hall–Kier alpha value is -2.63. The lowest BCUT2D eigenvalue weighted by Crippen LogP contribution is -2.30. The van der Waals surface area contributed by atoms with Gasteiger partial charge in [0.25, 0.3) is 0 Å². The van der Waals surface area contributed by atoms with Crippen molar-refractivity contribution in [2.24, 2.45) is 0 Å². The van der Waals surface area contributed by atoms with Gasteiger partial charge in [0.15, 0.2) is 6.10 Å². The van der Waals surface area contributed by atoms with Crippen molar-refractivity contribution in [2.75, 3.05) is 13.2 Å². The molecule has 0 aliphatic rings. The molecule has 0 radical (unpaired) electrons. The third kappa shape index (κ3) is 44.3. The lowest BCUT2D eigenvalue weighted by molar-refractivity contribution is -0.167. The molecular weight excluding hydrogens is 709 g/mol. The Bertz CT molecular complexity index is 1010. The molecule has 0 spiro atoms. The summed E-state index contributed by atoms with van der Waals surface area (Å²) < 4.78 is 16.7. The van der Waals surface area contributed by atoms with E-state index in [-0.39, 0.29) is 37.5 Å². The molecular formula is C51H90O6. The second kappa shape index (κ2) is 46.1. The van der Waals surface area contributed by atoms with Crippen LogP contribution in [0.25, 0.3) is 0 Å². The van der Waals surface area contributed by atoms with E-state index in [9.17, 15) is 14.4 Å². The van der Waals surface area contributed by atoms with Crippen LogP contribution in [0.5, 0.6) is 0 Å². The number of rotatable bonds is 43. The van der Waals surface area contributed by atoms with Gasteiger partial charge < -0.3 is 14.2 Å². The first-order valence-electron chi connectivity index (χ1n) is 24.1. The minimum atomic E-state index is -0.790. The van der Waals surface area contributed by atoms with Gasteiger partial charge in [0, 0.05) is 19.3 Å². The van der Waals surface area contributed by atoms with Crippen LogP contribution in [0, 0.1) is 0 Å². The molecule has 0 aliphatic carbocycles. The van der Waals surface area contributed by atoms with Gasteiger partial charge in [-0.3, -0.25) is 14.4 Å². The summed E-state index contributed by atoms with van der Waals surface area (Å²) >= 11 is 0. The molecule has 1 unspecified atom stereocenters. The summed E-state index contributed by atoms with van der Waals surface area (Å²) in [6.07, 6.45) is 53.9. The molecule has 6 nitrogen and oxygen atoms in total. The van der Waals surface area contributed by atoms with Crippen LogP contribution in [0.2, 0.25) is 0 Å². The summed E-state index contributed by atoms with van der Waals surface area (Å²) in [4.78, 5) is 37.8. The SMILES string of the molecule is CC/C=C\C/C=C\C/C=C\CCCC(=O)OCC(COC(=O)CCCCCCCCC/C=C\CCCCCC)OC(=O)CCCCCCCCCCCCCCC. The smallest absolute Gasteiger partial charge is 0.306 e. The third-order valence-corrected chi connectivity index (χ3v) is 10.3. The molecule has 0 aliphatic heterocycles. The van der Waals surface area contributed by atoms with Crippen molar-refractivity contribution in [3.05, 3.63) is 48.6 Å². The fourth-order valence-corrected chi connectivity index (χ4v) is 6.70. The van der Waals surface area contributed by atoms with E-state index in [4.69, 9.17) is 14.2 Å². The molecule has 0 saturated carbocycles. The number of allylic oxidation sites excluding steroid dienone is 8.